The molecule has 3 rings (SSSR count). The molecule has 0 aliphatic heterocycles. The van der Waals surface area contributed by atoms with E-state index in [9.17, 15) is 0 Å². The number of hydrogen-bond donors (Lipinski definition) is 0. The largest absolute Gasteiger partial charge is 0.0636 e. The van der Waals surface area contributed by atoms with Crippen molar-refractivity contribution in [2.45, 2.75) is 0 Å². The fraction of sp³-hybridized carbons (Fsp3) is 0. The van der Waals surface area contributed by atoms with E-state index >= 15 is 0 Å². The van der Waals surface area contributed by atoms with Crippen LogP contribution >= 0.6 is 0 Å². The van der Waals surface area contributed by atoms with Crippen LogP contribution < -0.4 is 0 Å². The van der Waals surface area contributed by atoms with Gasteiger partial charge in [0.2, 0.25) is 0 Å². The summed E-state index contributed by atoms with van der Waals surface area (Å²) in [5.41, 5.74) is 0.776. The maximum Gasteiger partial charge on any atom is 0.0636 e. The zero-order chi connectivity index (χ0) is 16.9. The van der Waals surface area contributed by atoms with E-state index in [1.165, 1.54) is 0 Å². The normalized spacial score (nSPS) is 16.6. The van der Waals surface area contributed by atoms with E-state index in [2.05, 4.69) is 0 Å². The van der Waals surface area contributed by atoms with Gasteiger partial charge >= 0.3 is 0 Å². The summed E-state index contributed by atoms with van der Waals surface area (Å²) in [6.07, 6.45) is 0. The molecule has 0 spiro atoms. The SMILES string of the molecule is [2H]c1c([2H])c([2H])c2c([2H])c(-c3ccccc3)c([2H])c([2H])c2c1[2H]. The molecule has 0 amide bonds. The van der Waals surface area contributed by atoms with E-state index in [-0.39, 0.29) is 46.5 Å². The minimum Gasteiger partial charge on any atom is -0.0622 e. The van der Waals surface area contributed by atoms with Gasteiger partial charge < -0.3 is 0 Å². The fourth-order valence-electron chi connectivity index (χ4n) is 1.53. The number of fused-ring (bicyclic) bond motifs is 1. The van der Waals surface area contributed by atoms with Gasteiger partial charge in [0.25, 0.3) is 0 Å². The summed E-state index contributed by atoms with van der Waals surface area (Å²) < 4.78 is 56.2. The third kappa shape index (κ3) is 1.59. The van der Waals surface area contributed by atoms with Crippen molar-refractivity contribution in [1.82, 2.24) is 0 Å². The molecule has 16 heavy (non-hydrogen) atoms. The predicted octanol–water partition coefficient (Wildman–Crippen LogP) is 4.51. The average Bonchev–Trinajstić information content (AvgIpc) is 2.55. The van der Waals surface area contributed by atoms with Crippen molar-refractivity contribution in [2.24, 2.45) is 0 Å². The monoisotopic (exact) mass is 211 g/mol. The molecule has 0 nitrogen and oxygen atoms in total. The predicted molar refractivity (Wildman–Crippen MR) is 69.4 cm³/mol. The van der Waals surface area contributed by atoms with Crippen LogP contribution in [0.5, 0.6) is 0 Å². The molecule has 0 heterocycles. The van der Waals surface area contributed by atoms with Crippen molar-refractivity contribution in [1.29, 1.82) is 0 Å². The Morgan fingerprint density at radius 2 is 1.44 bits per heavy atom. The van der Waals surface area contributed by atoms with Crippen molar-refractivity contribution in [3.63, 3.8) is 0 Å². The molecule has 0 fully saturated rings. The summed E-state index contributed by atoms with van der Waals surface area (Å²) in [7, 11) is 0. The van der Waals surface area contributed by atoms with Gasteiger partial charge in [0.15, 0.2) is 0 Å². The van der Waals surface area contributed by atoms with Crippen molar-refractivity contribution < 1.29 is 9.60 Å². The lowest BCUT2D eigenvalue weighted by Crippen LogP contribution is -1.77. The molecule has 0 aliphatic rings. The Balaban J connectivity index is 2.57. The van der Waals surface area contributed by atoms with Gasteiger partial charge in [-0.3, -0.25) is 0 Å². The van der Waals surface area contributed by atoms with Crippen molar-refractivity contribution >= 4 is 10.8 Å². The first-order valence-corrected chi connectivity index (χ1v) is 4.91. The van der Waals surface area contributed by atoms with Crippen LogP contribution in [0.25, 0.3) is 21.9 Å². The van der Waals surface area contributed by atoms with Crippen LogP contribution in [0.15, 0.2) is 72.6 Å². The summed E-state index contributed by atoms with van der Waals surface area (Å²) >= 11 is 0. The number of hydrogen-bond acceptors (Lipinski definition) is 0. The standard InChI is InChI=1S/C16H12/c1-2-6-13(7-3-1)16-11-10-14-8-4-5-9-15(14)12-16/h1-12H/i4D,5D,8D,9D,10D,11D,12D. The highest BCUT2D eigenvalue weighted by Crippen LogP contribution is 2.23. The van der Waals surface area contributed by atoms with E-state index in [0.29, 0.717) is 5.56 Å². The van der Waals surface area contributed by atoms with Crippen LogP contribution in [0.3, 0.4) is 0 Å². The summed E-state index contributed by atoms with van der Waals surface area (Å²) in [5, 5.41) is -0.0958. The third-order valence-corrected chi connectivity index (χ3v) is 2.31. The second kappa shape index (κ2) is 3.82. The second-order valence-electron chi connectivity index (χ2n) is 3.37. The Morgan fingerprint density at radius 1 is 0.688 bits per heavy atom. The summed E-state index contributed by atoms with van der Waals surface area (Å²) in [6, 6.07) is 6.44. The minimum atomic E-state index is -0.456. The van der Waals surface area contributed by atoms with Crippen LogP contribution in [0.2, 0.25) is 0 Å². The highest BCUT2D eigenvalue weighted by Gasteiger charge is 1.97. The van der Waals surface area contributed by atoms with Crippen molar-refractivity contribution in [2.75, 3.05) is 0 Å². The lowest BCUT2D eigenvalue weighted by molar-refractivity contribution is 1.64. The number of rotatable bonds is 1. The highest BCUT2D eigenvalue weighted by molar-refractivity contribution is 5.87. The van der Waals surface area contributed by atoms with Gasteiger partial charge in [-0.15, -0.1) is 0 Å². The Hall–Kier alpha value is -2.08. The average molecular weight is 211 g/mol. The molecule has 3 aromatic rings. The topological polar surface area (TPSA) is 0 Å². The van der Waals surface area contributed by atoms with Gasteiger partial charge in [-0.05, 0) is 27.9 Å². The second-order valence-corrected chi connectivity index (χ2v) is 3.37. The van der Waals surface area contributed by atoms with Crippen LogP contribution in [-0.4, -0.2) is 0 Å². The van der Waals surface area contributed by atoms with Crippen LogP contribution in [0, 0.1) is 0 Å². The molecular weight excluding hydrogens is 192 g/mol. The lowest BCUT2D eigenvalue weighted by atomic mass is 10.0. The van der Waals surface area contributed by atoms with Gasteiger partial charge in [0, 0.05) is 0 Å². The van der Waals surface area contributed by atoms with Crippen molar-refractivity contribution in [3.8, 4) is 11.1 Å². The van der Waals surface area contributed by atoms with E-state index in [0.717, 1.165) is 0 Å². The summed E-state index contributed by atoms with van der Waals surface area (Å²) in [5.74, 6) is 0. The maximum absolute atomic E-state index is 8.37. The molecule has 0 saturated heterocycles. The Labute approximate surface area is 105 Å². The molecule has 0 aliphatic carbocycles. The summed E-state index contributed by atoms with van der Waals surface area (Å²) in [6.45, 7) is 0. The molecule has 0 heteroatoms. The highest BCUT2D eigenvalue weighted by atomic mass is 14.0. The summed E-state index contributed by atoms with van der Waals surface area (Å²) in [4.78, 5) is 0. The van der Waals surface area contributed by atoms with Crippen molar-refractivity contribution in [3.05, 3.63) is 72.6 Å². The van der Waals surface area contributed by atoms with Crippen LogP contribution in [0.1, 0.15) is 9.60 Å². The zero-order valence-electron chi connectivity index (χ0n) is 15.4. The van der Waals surface area contributed by atoms with Gasteiger partial charge in [-0.2, -0.15) is 0 Å². The first-order valence-electron chi connectivity index (χ1n) is 8.41. The molecular formula is C16H12. The van der Waals surface area contributed by atoms with Gasteiger partial charge in [-0.1, -0.05) is 66.6 Å². The molecule has 0 aromatic heterocycles. The first-order chi connectivity index (χ1) is 10.9. The Kier molecular flexibility index (Phi) is 1.06. The third-order valence-electron chi connectivity index (χ3n) is 2.31. The van der Waals surface area contributed by atoms with Crippen LogP contribution in [0.4, 0.5) is 0 Å². The number of benzene rings is 3. The van der Waals surface area contributed by atoms with Crippen LogP contribution in [-0.2, 0) is 0 Å². The van der Waals surface area contributed by atoms with E-state index < -0.39 is 12.1 Å². The maximum atomic E-state index is 8.37. The Morgan fingerprint density at radius 3 is 2.25 bits per heavy atom. The first kappa shape index (κ1) is 4.42. The molecule has 76 valence electrons. The van der Waals surface area contributed by atoms with Gasteiger partial charge in [0.1, 0.15) is 0 Å². The lowest BCUT2D eigenvalue weighted by Gasteiger charge is -2.03. The zero-order valence-corrected chi connectivity index (χ0v) is 8.39. The van der Waals surface area contributed by atoms with E-state index in [1.807, 2.05) is 0 Å². The van der Waals surface area contributed by atoms with E-state index in [1.54, 1.807) is 30.3 Å². The molecule has 0 atom stereocenters. The molecule has 0 saturated carbocycles. The van der Waals surface area contributed by atoms with Gasteiger partial charge in [-0.25, -0.2) is 0 Å². The minimum absolute atomic E-state index is 0.0177. The quantitative estimate of drug-likeness (QED) is 0.555. The smallest absolute Gasteiger partial charge is 0.0622 e. The van der Waals surface area contributed by atoms with E-state index in [4.69, 9.17) is 9.60 Å². The Bertz CT molecular complexity index is 933. The van der Waals surface area contributed by atoms with Gasteiger partial charge in [0.05, 0.1) is 9.60 Å². The molecule has 0 radical (unpaired) electrons. The molecule has 0 bridgehead atoms. The molecule has 3 aromatic carbocycles. The molecule has 0 unspecified atom stereocenters. The fourth-order valence-corrected chi connectivity index (χ4v) is 1.53. The molecule has 0 N–H and O–H groups in total.